The van der Waals surface area contributed by atoms with E-state index in [1.807, 2.05) is 38.1 Å². The zero-order valence-electron chi connectivity index (χ0n) is 21.1. The average Bonchev–Trinajstić information content (AvgIpc) is 3.18. The molecule has 1 fully saturated rings. The molecule has 4 rings (SSSR count). The number of ketones is 1. The summed E-state index contributed by atoms with van der Waals surface area (Å²) in [6.07, 6.45) is 0.959. The normalized spacial score (nSPS) is 16.6. The van der Waals surface area contributed by atoms with Crippen LogP contribution in [-0.4, -0.2) is 36.5 Å². The number of carbonyl (C=O) groups is 3. The fourth-order valence-corrected chi connectivity index (χ4v) is 4.35. The lowest BCUT2D eigenvalue weighted by Crippen LogP contribution is -2.29. The van der Waals surface area contributed by atoms with Crippen LogP contribution in [0.15, 0.2) is 78.4 Å². The number of hydrogen-bond acceptors (Lipinski definition) is 6. The number of benzene rings is 3. The molecule has 190 valence electrons. The Kier molecular flexibility index (Phi) is 7.72. The molecule has 0 aliphatic carbocycles. The van der Waals surface area contributed by atoms with Crippen LogP contribution in [0.25, 0.3) is 5.76 Å². The van der Waals surface area contributed by atoms with Gasteiger partial charge in [0.2, 0.25) is 0 Å². The van der Waals surface area contributed by atoms with Crippen LogP contribution >= 0.6 is 0 Å². The van der Waals surface area contributed by atoms with Crippen molar-refractivity contribution in [3.05, 3.63) is 101 Å². The quantitative estimate of drug-likeness (QED) is 0.200. The third-order valence-electron chi connectivity index (χ3n) is 6.19. The third kappa shape index (κ3) is 5.40. The number of rotatable bonds is 8. The van der Waals surface area contributed by atoms with Crippen LogP contribution in [0.3, 0.4) is 0 Å². The van der Waals surface area contributed by atoms with E-state index in [1.54, 1.807) is 48.5 Å². The lowest BCUT2D eigenvalue weighted by atomic mass is 9.94. The first-order valence-electron chi connectivity index (χ1n) is 12.1. The van der Waals surface area contributed by atoms with Crippen molar-refractivity contribution in [1.82, 2.24) is 0 Å². The standard InChI is InChI=1S/C30H29NO6/c1-4-16-37-24-14-10-21(11-15-24)28(33)26-27(22-7-5-6-19(2)17-22)31(30(35)29(26)34)23-12-8-20(9-13-23)18-25(32)36-3/h5-15,17,27,33H,4,16,18H2,1-3H3/b28-26-. The number of carbonyl (C=O) groups excluding carboxylic acids is 3. The number of ether oxygens (including phenoxy) is 2. The van der Waals surface area contributed by atoms with Crippen LogP contribution < -0.4 is 9.64 Å². The summed E-state index contributed by atoms with van der Waals surface area (Å²) in [5.41, 5.74) is 3.26. The number of esters is 1. The molecule has 1 unspecified atom stereocenters. The molecule has 3 aromatic rings. The fourth-order valence-electron chi connectivity index (χ4n) is 4.35. The Morgan fingerprint density at radius 3 is 2.32 bits per heavy atom. The number of Topliss-reactive ketones (excluding diaryl/α,β-unsaturated/α-hetero) is 1. The second-order valence-corrected chi connectivity index (χ2v) is 8.88. The average molecular weight is 500 g/mol. The van der Waals surface area contributed by atoms with E-state index >= 15 is 0 Å². The van der Waals surface area contributed by atoms with Crippen LogP contribution in [-0.2, 0) is 25.5 Å². The molecular formula is C30H29NO6. The predicted molar refractivity (Wildman–Crippen MR) is 140 cm³/mol. The molecular weight excluding hydrogens is 470 g/mol. The van der Waals surface area contributed by atoms with Crippen molar-refractivity contribution in [2.75, 3.05) is 18.6 Å². The molecule has 37 heavy (non-hydrogen) atoms. The summed E-state index contributed by atoms with van der Waals surface area (Å²) in [7, 11) is 1.32. The highest BCUT2D eigenvalue weighted by atomic mass is 16.5. The van der Waals surface area contributed by atoms with Gasteiger partial charge in [-0.05, 0) is 60.9 Å². The first kappa shape index (κ1) is 25.7. The molecule has 0 aromatic heterocycles. The zero-order valence-corrected chi connectivity index (χ0v) is 21.1. The van der Waals surface area contributed by atoms with E-state index in [0.717, 1.165) is 12.0 Å². The number of aliphatic hydroxyl groups excluding tert-OH is 1. The Labute approximate surface area is 215 Å². The summed E-state index contributed by atoms with van der Waals surface area (Å²) in [6.45, 7) is 4.51. The molecule has 0 spiro atoms. The number of nitrogens with zero attached hydrogens (tertiary/aromatic N) is 1. The molecule has 1 N–H and O–H groups in total. The minimum Gasteiger partial charge on any atom is -0.507 e. The zero-order chi connectivity index (χ0) is 26.5. The molecule has 0 radical (unpaired) electrons. The Hall–Kier alpha value is -4.39. The molecule has 1 amide bonds. The van der Waals surface area contributed by atoms with Crippen LogP contribution in [0.5, 0.6) is 5.75 Å². The number of amides is 1. The maximum Gasteiger partial charge on any atom is 0.309 e. The first-order chi connectivity index (χ1) is 17.8. The summed E-state index contributed by atoms with van der Waals surface area (Å²) in [5.74, 6) is -1.48. The van der Waals surface area contributed by atoms with Gasteiger partial charge in [0, 0.05) is 11.3 Å². The molecule has 7 heteroatoms. The van der Waals surface area contributed by atoms with E-state index in [-0.39, 0.29) is 23.7 Å². The highest BCUT2D eigenvalue weighted by molar-refractivity contribution is 6.51. The summed E-state index contributed by atoms with van der Waals surface area (Å²) in [4.78, 5) is 39.7. The summed E-state index contributed by atoms with van der Waals surface area (Å²) >= 11 is 0. The Morgan fingerprint density at radius 2 is 1.70 bits per heavy atom. The van der Waals surface area contributed by atoms with Gasteiger partial charge in [0.1, 0.15) is 11.5 Å². The Morgan fingerprint density at radius 1 is 1.00 bits per heavy atom. The van der Waals surface area contributed by atoms with Crippen molar-refractivity contribution in [1.29, 1.82) is 0 Å². The van der Waals surface area contributed by atoms with Gasteiger partial charge in [0.25, 0.3) is 11.7 Å². The molecule has 7 nitrogen and oxygen atoms in total. The van der Waals surface area contributed by atoms with Crippen LogP contribution in [0, 0.1) is 6.92 Å². The van der Waals surface area contributed by atoms with Gasteiger partial charge in [-0.3, -0.25) is 19.3 Å². The minimum atomic E-state index is -0.831. The SMILES string of the molecule is CCCOc1ccc(/C(O)=C2/C(=O)C(=O)N(c3ccc(CC(=O)OC)cc3)C2c2cccc(C)c2)cc1. The number of aliphatic hydroxyl groups is 1. The van der Waals surface area contributed by atoms with E-state index in [2.05, 4.69) is 0 Å². The number of anilines is 1. The lowest BCUT2D eigenvalue weighted by Gasteiger charge is -2.26. The highest BCUT2D eigenvalue weighted by Crippen LogP contribution is 2.42. The van der Waals surface area contributed by atoms with E-state index in [0.29, 0.717) is 34.7 Å². The van der Waals surface area contributed by atoms with Crippen molar-refractivity contribution >= 4 is 29.1 Å². The highest BCUT2D eigenvalue weighted by Gasteiger charge is 2.47. The molecule has 1 atom stereocenters. The molecule has 3 aromatic carbocycles. The Bertz CT molecular complexity index is 1340. The largest absolute Gasteiger partial charge is 0.507 e. The number of methoxy groups -OCH3 is 1. The van der Waals surface area contributed by atoms with Gasteiger partial charge in [-0.25, -0.2) is 0 Å². The smallest absolute Gasteiger partial charge is 0.309 e. The van der Waals surface area contributed by atoms with Gasteiger partial charge >= 0.3 is 5.97 Å². The maximum absolute atomic E-state index is 13.3. The molecule has 0 bridgehead atoms. The second-order valence-electron chi connectivity index (χ2n) is 8.88. The second kappa shape index (κ2) is 11.1. The number of aryl methyl sites for hydroxylation is 1. The Balaban J connectivity index is 1.79. The third-order valence-corrected chi connectivity index (χ3v) is 6.19. The van der Waals surface area contributed by atoms with E-state index in [9.17, 15) is 19.5 Å². The van der Waals surface area contributed by atoms with Gasteiger partial charge in [0.15, 0.2) is 0 Å². The van der Waals surface area contributed by atoms with Crippen molar-refractivity contribution in [3.8, 4) is 5.75 Å². The van der Waals surface area contributed by atoms with Crippen molar-refractivity contribution in [2.45, 2.75) is 32.7 Å². The van der Waals surface area contributed by atoms with E-state index < -0.39 is 17.7 Å². The summed E-state index contributed by atoms with van der Waals surface area (Å²) in [5, 5.41) is 11.3. The molecule has 1 aliphatic heterocycles. The van der Waals surface area contributed by atoms with Gasteiger partial charge in [-0.15, -0.1) is 0 Å². The van der Waals surface area contributed by atoms with Gasteiger partial charge in [-0.1, -0.05) is 48.9 Å². The number of hydrogen-bond donors (Lipinski definition) is 1. The van der Waals surface area contributed by atoms with Gasteiger partial charge in [0.05, 0.1) is 31.8 Å². The first-order valence-corrected chi connectivity index (χ1v) is 12.1. The van der Waals surface area contributed by atoms with Crippen LogP contribution in [0.1, 0.15) is 41.6 Å². The topological polar surface area (TPSA) is 93.1 Å². The lowest BCUT2D eigenvalue weighted by molar-refractivity contribution is -0.139. The monoisotopic (exact) mass is 499 g/mol. The van der Waals surface area contributed by atoms with Gasteiger partial charge in [-0.2, -0.15) is 0 Å². The summed E-state index contributed by atoms with van der Waals surface area (Å²) in [6, 6.07) is 20.3. The molecule has 0 saturated carbocycles. The predicted octanol–water partition coefficient (Wildman–Crippen LogP) is 5.13. The van der Waals surface area contributed by atoms with E-state index in [1.165, 1.54) is 12.0 Å². The molecule has 1 saturated heterocycles. The minimum absolute atomic E-state index is 0.0106. The van der Waals surface area contributed by atoms with Crippen LogP contribution in [0.2, 0.25) is 0 Å². The van der Waals surface area contributed by atoms with Crippen molar-refractivity contribution in [3.63, 3.8) is 0 Å². The maximum atomic E-state index is 13.3. The van der Waals surface area contributed by atoms with Gasteiger partial charge < -0.3 is 14.6 Å². The molecule has 1 aliphatic rings. The summed E-state index contributed by atoms with van der Waals surface area (Å²) < 4.78 is 10.3. The van der Waals surface area contributed by atoms with Crippen molar-refractivity contribution < 1.29 is 29.0 Å². The van der Waals surface area contributed by atoms with Crippen LogP contribution in [0.4, 0.5) is 5.69 Å². The molecule has 1 heterocycles. The van der Waals surface area contributed by atoms with Crippen molar-refractivity contribution in [2.24, 2.45) is 0 Å². The fraction of sp³-hybridized carbons (Fsp3) is 0.233. The van der Waals surface area contributed by atoms with E-state index in [4.69, 9.17) is 9.47 Å².